The smallest absolute Gasteiger partial charge is 0.129 e. The Hall–Kier alpha value is -2.12. The topological polar surface area (TPSA) is 38.0 Å². The number of aryl methyl sites for hydroxylation is 1. The van der Waals surface area contributed by atoms with Gasteiger partial charge in [0.2, 0.25) is 0 Å². The molecule has 0 fully saturated rings. The molecule has 0 bridgehead atoms. The minimum atomic E-state index is -0.291. The van der Waals surface area contributed by atoms with Crippen molar-refractivity contribution in [1.29, 1.82) is 0 Å². The number of aliphatic hydroxyl groups excluding tert-OH is 1. The molecular weight excluding hydrogens is 243 g/mol. The van der Waals surface area contributed by atoms with Crippen molar-refractivity contribution in [2.75, 3.05) is 6.61 Å². The summed E-state index contributed by atoms with van der Waals surface area (Å²) in [5.41, 5.74) is 1.17. The highest BCUT2D eigenvalue weighted by molar-refractivity contribution is 5.37. The van der Waals surface area contributed by atoms with Crippen molar-refractivity contribution in [2.45, 2.75) is 19.9 Å². The van der Waals surface area contributed by atoms with E-state index in [0.717, 1.165) is 12.2 Å². The number of imidazole rings is 1. The molecule has 1 aromatic carbocycles. The SMILES string of the molecule is CCc1nccn1Cc1ccc(C#CCO)cc1F. The molecule has 1 N–H and O–H groups in total. The predicted octanol–water partition coefficient (Wildman–Crippen LogP) is 1.98. The molecule has 0 aliphatic carbocycles. The summed E-state index contributed by atoms with van der Waals surface area (Å²) in [6, 6.07) is 4.86. The van der Waals surface area contributed by atoms with Crippen LogP contribution in [0.3, 0.4) is 0 Å². The Balaban J connectivity index is 2.22. The van der Waals surface area contributed by atoms with Gasteiger partial charge in [-0.3, -0.25) is 0 Å². The molecule has 0 unspecified atom stereocenters. The van der Waals surface area contributed by atoms with E-state index in [1.165, 1.54) is 6.07 Å². The second-order valence-electron chi connectivity index (χ2n) is 4.09. The highest BCUT2D eigenvalue weighted by Gasteiger charge is 2.06. The van der Waals surface area contributed by atoms with Crippen LogP contribution in [0.2, 0.25) is 0 Å². The summed E-state index contributed by atoms with van der Waals surface area (Å²) in [6.07, 6.45) is 4.38. The molecule has 4 heteroatoms. The fourth-order valence-corrected chi connectivity index (χ4v) is 1.88. The van der Waals surface area contributed by atoms with Crippen molar-refractivity contribution < 1.29 is 9.50 Å². The van der Waals surface area contributed by atoms with Gasteiger partial charge in [-0.2, -0.15) is 0 Å². The van der Waals surface area contributed by atoms with Gasteiger partial charge < -0.3 is 9.67 Å². The predicted molar refractivity (Wildman–Crippen MR) is 71.1 cm³/mol. The number of rotatable bonds is 3. The molecule has 2 rings (SSSR count). The van der Waals surface area contributed by atoms with Crippen LogP contribution in [-0.4, -0.2) is 21.3 Å². The van der Waals surface area contributed by atoms with E-state index in [1.807, 2.05) is 17.7 Å². The quantitative estimate of drug-likeness (QED) is 0.855. The summed E-state index contributed by atoms with van der Waals surface area (Å²) in [4.78, 5) is 4.21. The van der Waals surface area contributed by atoms with Crippen LogP contribution in [0.15, 0.2) is 30.6 Å². The second kappa shape index (κ2) is 6.17. The van der Waals surface area contributed by atoms with E-state index >= 15 is 0 Å². The van der Waals surface area contributed by atoms with Gasteiger partial charge in [0.25, 0.3) is 0 Å². The van der Waals surface area contributed by atoms with Crippen LogP contribution in [0.1, 0.15) is 23.9 Å². The number of hydrogen-bond donors (Lipinski definition) is 1. The molecule has 0 radical (unpaired) electrons. The number of hydrogen-bond acceptors (Lipinski definition) is 2. The number of nitrogens with zero attached hydrogens (tertiary/aromatic N) is 2. The molecule has 1 heterocycles. The van der Waals surface area contributed by atoms with E-state index in [1.54, 1.807) is 18.3 Å². The van der Waals surface area contributed by atoms with Crippen molar-refractivity contribution in [1.82, 2.24) is 9.55 Å². The molecule has 1 aromatic heterocycles. The van der Waals surface area contributed by atoms with Gasteiger partial charge in [-0.1, -0.05) is 24.8 Å². The van der Waals surface area contributed by atoms with E-state index in [2.05, 4.69) is 16.8 Å². The summed E-state index contributed by atoms with van der Waals surface area (Å²) >= 11 is 0. The molecule has 2 aromatic rings. The average molecular weight is 258 g/mol. The fourth-order valence-electron chi connectivity index (χ4n) is 1.88. The fraction of sp³-hybridized carbons (Fsp3) is 0.267. The van der Waals surface area contributed by atoms with E-state index < -0.39 is 0 Å². The maximum Gasteiger partial charge on any atom is 0.129 e. The Morgan fingerprint density at radius 3 is 2.95 bits per heavy atom. The molecule has 0 amide bonds. The summed E-state index contributed by atoms with van der Waals surface area (Å²) < 4.78 is 15.9. The lowest BCUT2D eigenvalue weighted by atomic mass is 10.1. The number of aromatic nitrogens is 2. The molecule has 98 valence electrons. The molecule has 0 saturated carbocycles. The molecular formula is C15H15FN2O. The molecule has 0 atom stereocenters. The van der Waals surface area contributed by atoms with Crippen molar-refractivity contribution in [3.05, 3.63) is 53.4 Å². The lowest BCUT2D eigenvalue weighted by Crippen LogP contribution is -2.05. The van der Waals surface area contributed by atoms with Crippen LogP contribution < -0.4 is 0 Å². The highest BCUT2D eigenvalue weighted by Crippen LogP contribution is 2.13. The summed E-state index contributed by atoms with van der Waals surface area (Å²) in [5.74, 6) is 5.83. The van der Waals surface area contributed by atoms with Crippen molar-refractivity contribution in [3.63, 3.8) is 0 Å². The van der Waals surface area contributed by atoms with Gasteiger partial charge in [0.05, 0.1) is 6.54 Å². The van der Waals surface area contributed by atoms with Gasteiger partial charge in [-0.15, -0.1) is 0 Å². The average Bonchev–Trinajstić information content (AvgIpc) is 2.86. The Bertz CT molecular complexity index is 623. The Morgan fingerprint density at radius 1 is 1.42 bits per heavy atom. The lowest BCUT2D eigenvalue weighted by Gasteiger charge is -2.08. The van der Waals surface area contributed by atoms with Gasteiger partial charge in [-0.25, -0.2) is 9.37 Å². The first-order valence-corrected chi connectivity index (χ1v) is 6.12. The maximum atomic E-state index is 13.9. The molecule has 3 nitrogen and oxygen atoms in total. The van der Waals surface area contributed by atoms with Crippen LogP contribution in [0.25, 0.3) is 0 Å². The van der Waals surface area contributed by atoms with E-state index in [0.29, 0.717) is 17.7 Å². The maximum absolute atomic E-state index is 13.9. The minimum absolute atomic E-state index is 0.224. The zero-order chi connectivity index (χ0) is 13.7. The molecule has 0 aliphatic rings. The van der Waals surface area contributed by atoms with Crippen LogP contribution in [0.4, 0.5) is 4.39 Å². The third kappa shape index (κ3) is 3.21. The number of aliphatic hydroxyl groups is 1. The molecule has 0 spiro atoms. The number of benzene rings is 1. The Labute approximate surface area is 111 Å². The second-order valence-corrected chi connectivity index (χ2v) is 4.09. The van der Waals surface area contributed by atoms with Gasteiger partial charge in [-0.05, 0) is 12.1 Å². The van der Waals surface area contributed by atoms with Crippen LogP contribution in [-0.2, 0) is 13.0 Å². The summed E-state index contributed by atoms with van der Waals surface area (Å²) in [5, 5.41) is 8.60. The van der Waals surface area contributed by atoms with Crippen LogP contribution >= 0.6 is 0 Å². The zero-order valence-corrected chi connectivity index (χ0v) is 10.7. The van der Waals surface area contributed by atoms with Gasteiger partial charge in [0.1, 0.15) is 18.2 Å². The van der Waals surface area contributed by atoms with Crippen LogP contribution in [0.5, 0.6) is 0 Å². The standard InChI is InChI=1S/C15H15FN2O/c1-2-15-17-7-8-18(15)11-13-6-5-12(4-3-9-19)10-14(13)16/h5-8,10,19H,2,9,11H2,1H3. The van der Waals surface area contributed by atoms with Crippen molar-refractivity contribution >= 4 is 0 Å². The molecule has 0 aliphatic heterocycles. The van der Waals surface area contributed by atoms with E-state index in [9.17, 15) is 4.39 Å². The van der Waals surface area contributed by atoms with E-state index in [4.69, 9.17) is 5.11 Å². The Kier molecular flexibility index (Phi) is 4.32. The largest absolute Gasteiger partial charge is 0.384 e. The third-order valence-corrected chi connectivity index (χ3v) is 2.82. The highest BCUT2D eigenvalue weighted by atomic mass is 19.1. The molecule has 19 heavy (non-hydrogen) atoms. The lowest BCUT2D eigenvalue weighted by molar-refractivity contribution is 0.350. The van der Waals surface area contributed by atoms with E-state index in [-0.39, 0.29) is 12.4 Å². The number of halogens is 1. The monoisotopic (exact) mass is 258 g/mol. The Morgan fingerprint density at radius 2 is 2.26 bits per heavy atom. The first-order chi connectivity index (χ1) is 9.24. The zero-order valence-electron chi connectivity index (χ0n) is 10.7. The van der Waals surface area contributed by atoms with Gasteiger partial charge in [0.15, 0.2) is 0 Å². The molecule has 0 saturated heterocycles. The van der Waals surface area contributed by atoms with Crippen molar-refractivity contribution in [3.8, 4) is 11.8 Å². The van der Waals surface area contributed by atoms with Crippen molar-refractivity contribution in [2.24, 2.45) is 0 Å². The third-order valence-electron chi connectivity index (χ3n) is 2.82. The first kappa shape index (κ1) is 13.3. The minimum Gasteiger partial charge on any atom is -0.384 e. The normalized spacial score (nSPS) is 10.1. The summed E-state index contributed by atoms with van der Waals surface area (Å²) in [6.45, 7) is 2.25. The van der Waals surface area contributed by atoms with Gasteiger partial charge >= 0.3 is 0 Å². The summed E-state index contributed by atoms with van der Waals surface area (Å²) in [7, 11) is 0. The van der Waals surface area contributed by atoms with Crippen LogP contribution in [0, 0.1) is 17.7 Å². The van der Waals surface area contributed by atoms with Gasteiger partial charge in [0, 0.05) is 29.9 Å². The first-order valence-electron chi connectivity index (χ1n) is 6.12.